The third-order valence-corrected chi connectivity index (χ3v) is 6.46. The number of carbonyl (C=O) groups is 4. The molecule has 1 heterocycles. The second-order valence-electron chi connectivity index (χ2n) is 11.1. The normalized spacial score (nSPS) is 16.5. The monoisotopic (exact) mass is 551 g/mol. The molecule has 0 aromatic heterocycles. The lowest BCUT2D eigenvalue weighted by atomic mass is 9.98. The maximum Gasteiger partial charge on any atom is 0.408 e. The average Bonchev–Trinajstić information content (AvgIpc) is 3.77. The molecule has 4 unspecified atom stereocenters. The number of hydrogen-bond acceptors (Lipinski definition) is 6. The highest BCUT2D eigenvalue weighted by Crippen LogP contribution is 2.16. The highest BCUT2D eigenvalue weighted by Gasteiger charge is 2.38. The van der Waals surface area contributed by atoms with Gasteiger partial charge in [-0.05, 0) is 42.2 Å². The maximum atomic E-state index is 13.5. The van der Waals surface area contributed by atoms with E-state index in [-0.39, 0.29) is 24.2 Å². The molecule has 1 aliphatic rings. The molecule has 1 saturated heterocycles. The fraction of sp³-hybridized carbons (Fsp3) is 0.484. The molecule has 40 heavy (non-hydrogen) atoms. The SMILES string of the molecule is CC(C)CC(NC(=O)OCc1ccccc1)C(=O)NC(CC(C)C)C(=O)NC(Cc1ccccc1)C(=O)C1CO1. The highest BCUT2D eigenvalue weighted by molar-refractivity contribution is 5.96. The van der Waals surface area contributed by atoms with Crippen molar-refractivity contribution in [1.82, 2.24) is 16.0 Å². The van der Waals surface area contributed by atoms with Gasteiger partial charge in [-0.3, -0.25) is 14.4 Å². The number of alkyl carbamates (subject to hydrolysis) is 1. The van der Waals surface area contributed by atoms with Crippen LogP contribution in [0.1, 0.15) is 51.7 Å². The average molecular weight is 552 g/mol. The van der Waals surface area contributed by atoms with Gasteiger partial charge in [-0.2, -0.15) is 0 Å². The molecule has 0 bridgehead atoms. The van der Waals surface area contributed by atoms with Crippen molar-refractivity contribution in [3.8, 4) is 0 Å². The van der Waals surface area contributed by atoms with Crippen molar-refractivity contribution in [2.75, 3.05) is 6.61 Å². The van der Waals surface area contributed by atoms with E-state index < -0.39 is 42.1 Å². The number of Topliss-reactive ketones (excluding diaryl/α,β-unsaturated/α-hetero) is 1. The summed E-state index contributed by atoms with van der Waals surface area (Å²) in [6.45, 7) is 8.19. The van der Waals surface area contributed by atoms with Crippen molar-refractivity contribution in [1.29, 1.82) is 0 Å². The molecular weight excluding hydrogens is 510 g/mol. The number of amides is 3. The first-order chi connectivity index (χ1) is 19.1. The largest absolute Gasteiger partial charge is 0.445 e. The summed E-state index contributed by atoms with van der Waals surface area (Å²) in [5.41, 5.74) is 1.73. The molecule has 0 radical (unpaired) electrons. The predicted octanol–water partition coefficient (Wildman–Crippen LogP) is 3.55. The number of epoxide rings is 1. The van der Waals surface area contributed by atoms with Crippen LogP contribution in [0, 0.1) is 11.8 Å². The zero-order valence-electron chi connectivity index (χ0n) is 23.7. The van der Waals surface area contributed by atoms with Gasteiger partial charge in [-0.25, -0.2) is 4.79 Å². The number of rotatable bonds is 15. The van der Waals surface area contributed by atoms with Crippen molar-refractivity contribution < 1.29 is 28.7 Å². The third kappa shape index (κ3) is 10.4. The first kappa shape index (κ1) is 30.8. The Morgan fingerprint density at radius 2 is 1.23 bits per heavy atom. The van der Waals surface area contributed by atoms with Gasteiger partial charge in [0.05, 0.1) is 12.6 Å². The van der Waals surface area contributed by atoms with Crippen molar-refractivity contribution in [2.24, 2.45) is 11.8 Å². The van der Waals surface area contributed by atoms with Crippen LogP contribution in [0.25, 0.3) is 0 Å². The molecule has 216 valence electrons. The summed E-state index contributed by atoms with van der Waals surface area (Å²) in [4.78, 5) is 52.3. The summed E-state index contributed by atoms with van der Waals surface area (Å²) in [5, 5.41) is 8.34. The van der Waals surface area contributed by atoms with Gasteiger partial charge < -0.3 is 25.4 Å². The summed E-state index contributed by atoms with van der Waals surface area (Å²) in [7, 11) is 0. The molecule has 1 fully saturated rings. The molecular formula is C31H41N3O6. The molecule has 0 aliphatic carbocycles. The molecule has 2 aromatic carbocycles. The Morgan fingerprint density at radius 1 is 0.750 bits per heavy atom. The van der Waals surface area contributed by atoms with Crippen LogP contribution in [0.3, 0.4) is 0 Å². The van der Waals surface area contributed by atoms with E-state index in [1.54, 1.807) is 0 Å². The summed E-state index contributed by atoms with van der Waals surface area (Å²) >= 11 is 0. The van der Waals surface area contributed by atoms with E-state index in [2.05, 4.69) is 16.0 Å². The quantitative estimate of drug-likeness (QED) is 0.291. The van der Waals surface area contributed by atoms with Crippen LogP contribution in [0.2, 0.25) is 0 Å². The number of nitrogens with one attached hydrogen (secondary N) is 3. The van der Waals surface area contributed by atoms with Crippen LogP contribution < -0.4 is 16.0 Å². The van der Waals surface area contributed by atoms with Gasteiger partial charge in [-0.1, -0.05) is 88.4 Å². The lowest BCUT2D eigenvalue weighted by molar-refractivity contribution is -0.132. The Hall–Kier alpha value is -3.72. The van der Waals surface area contributed by atoms with Crippen LogP contribution in [-0.2, 0) is 36.9 Å². The summed E-state index contributed by atoms with van der Waals surface area (Å²) < 4.78 is 10.5. The van der Waals surface area contributed by atoms with Gasteiger partial charge in [0.15, 0.2) is 5.78 Å². The smallest absolute Gasteiger partial charge is 0.408 e. The van der Waals surface area contributed by atoms with Gasteiger partial charge in [0.25, 0.3) is 0 Å². The second kappa shape index (κ2) is 15.2. The molecule has 0 spiro atoms. The molecule has 3 rings (SSSR count). The minimum Gasteiger partial charge on any atom is -0.445 e. The van der Waals surface area contributed by atoms with Crippen molar-refractivity contribution >= 4 is 23.7 Å². The Labute approximate surface area is 236 Å². The molecule has 9 heteroatoms. The molecule has 1 aliphatic heterocycles. The minimum atomic E-state index is -0.896. The Balaban J connectivity index is 1.67. The number of ketones is 1. The van der Waals surface area contributed by atoms with Gasteiger partial charge in [0, 0.05) is 0 Å². The van der Waals surface area contributed by atoms with Gasteiger partial charge in [0.2, 0.25) is 11.8 Å². The summed E-state index contributed by atoms with van der Waals surface area (Å²) in [6, 6.07) is 16.1. The van der Waals surface area contributed by atoms with Gasteiger partial charge >= 0.3 is 6.09 Å². The van der Waals surface area contributed by atoms with E-state index in [1.165, 1.54) is 0 Å². The molecule has 3 amide bonds. The van der Waals surface area contributed by atoms with E-state index in [4.69, 9.17) is 9.47 Å². The minimum absolute atomic E-state index is 0.0720. The van der Waals surface area contributed by atoms with E-state index in [0.29, 0.717) is 25.9 Å². The highest BCUT2D eigenvalue weighted by atomic mass is 16.6. The van der Waals surface area contributed by atoms with Gasteiger partial charge in [-0.15, -0.1) is 0 Å². The molecule has 3 N–H and O–H groups in total. The summed E-state index contributed by atoms with van der Waals surface area (Å²) in [6.07, 6.45) is -0.202. The van der Waals surface area contributed by atoms with E-state index in [1.807, 2.05) is 88.4 Å². The van der Waals surface area contributed by atoms with Crippen molar-refractivity contribution in [2.45, 2.75) is 77.8 Å². The number of benzene rings is 2. The van der Waals surface area contributed by atoms with E-state index in [9.17, 15) is 19.2 Å². The first-order valence-electron chi connectivity index (χ1n) is 13.9. The second-order valence-corrected chi connectivity index (χ2v) is 11.1. The van der Waals surface area contributed by atoms with Crippen LogP contribution in [0.5, 0.6) is 0 Å². The third-order valence-electron chi connectivity index (χ3n) is 6.46. The number of hydrogen-bond donors (Lipinski definition) is 3. The van der Waals surface area contributed by atoms with E-state index in [0.717, 1.165) is 11.1 Å². The van der Waals surface area contributed by atoms with Crippen LogP contribution in [0.15, 0.2) is 60.7 Å². The summed E-state index contributed by atoms with van der Waals surface area (Å²) in [5.74, 6) is -0.950. The lowest BCUT2D eigenvalue weighted by Crippen LogP contribution is -2.56. The topological polar surface area (TPSA) is 126 Å². The first-order valence-corrected chi connectivity index (χ1v) is 13.9. The van der Waals surface area contributed by atoms with E-state index >= 15 is 0 Å². The fourth-order valence-corrected chi connectivity index (χ4v) is 4.37. The Kier molecular flexibility index (Phi) is 11.7. The number of carbonyl (C=O) groups excluding carboxylic acids is 4. The fourth-order valence-electron chi connectivity index (χ4n) is 4.37. The van der Waals surface area contributed by atoms with Crippen molar-refractivity contribution in [3.63, 3.8) is 0 Å². The lowest BCUT2D eigenvalue weighted by Gasteiger charge is -2.26. The Bertz CT molecular complexity index is 1120. The van der Waals surface area contributed by atoms with Crippen LogP contribution in [-0.4, -0.2) is 54.5 Å². The predicted molar refractivity (Wildman–Crippen MR) is 151 cm³/mol. The zero-order valence-corrected chi connectivity index (χ0v) is 23.7. The van der Waals surface area contributed by atoms with Crippen molar-refractivity contribution in [3.05, 3.63) is 71.8 Å². The maximum absolute atomic E-state index is 13.5. The zero-order chi connectivity index (χ0) is 29.1. The number of ether oxygens (including phenoxy) is 2. The Morgan fingerprint density at radius 3 is 1.73 bits per heavy atom. The molecule has 0 saturated carbocycles. The molecule has 9 nitrogen and oxygen atoms in total. The van der Waals surface area contributed by atoms with Gasteiger partial charge in [0.1, 0.15) is 24.8 Å². The standard InChI is InChI=1S/C31H41N3O6/c1-20(2)15-25(29(36)32-24(28(35)27-19-39-27)17-22-11-7-5-8-12-22)33-30(37)26(16-21(3)4)34-31(38)40-18-23-13-9-6-10-14-23/h5-14,20-21,24-27H,15-19H2,1-4H3,(H,32,36)(H,33,37)(H,34,38). The molecule has 4 atom stereocenters. The van der Waals surface area contributed by atoms with Crippen LogP contribution in [0.4, 0.5) is 4.79 Å². The van der Waals surface area contributed by atoms with Crippen LogP contribution >= 0.6 is 0 Å². The molecule has 2 aromatic rings.